The van der Waals surface area contributed by atoms with Crippen molar-refractivity contribution in [3.63, 3.8) is 0 Å². The predicted molar refractivity (Wildman–Crippen MR) is 73.9 cm³/mol. The third-order valence-electron chi connectivity index (χ3n) is 4.52. The highest BCUT2D eigenvalue weighted by Gasteiger charge is 2.41. The first-order chi connectivity index (χ1) is 8.60. The molecule has 1 heterocycles. The molecule has 1 aliphatic carbocycles. The third-order valence-corrected chi connectivity index (χ3v) is 4.52. The number of nitrogens with two attached hydrogens (primary N) is 1. The Morgan fingerprint density at radius 1 is 1.17 bits per heavy atom. The fraction of sp³-hybridized carbons (Fsp3) is 0.625. The van der Waals surface area contributed by atoms with Crippen LogP contribution in [0.4, 0.5) is 0 Å². The van der Waals surface area contributed by atoms with Crippen LogP contribution >= 0.6 is 0 Å². The Labute approximate surface area is 110 Å². The zero-order chi connectivity index (χ0) is 12.8. The minimum absolute atomic E-state index is 0.0324. The fourth-order valence-electron chi connectivity index (χ4n) is 3.67. The zero-order valence-electron chi connectivity index (χ0n) is 11.5. The lowest BCUT2D eigenvalue weighted by Crippen LogP contribution is -2.44. The number of aryl methyl sites for hydroxylation is 2. The molecule has 2 heteroatoms. The van der Waals surface area contributed by atoms with Crippen LogP contribution in [-0.2, 0) is 0 Å². The van der Waals surface area contributed by atoms with Crippen molar-refractivity contribution in [1.82, 2.24) is 0 Å². The van der Waals surface area contributed by atoms with Gasteiger partial charge in [-0.2, -0.15) is 0 Å². The minimum atomic E-state index is 0.0324. The van der Waals surface area contributed by atoms with Crippen molar-refractivity contribution in [2.75, 3.05) is 0 Å². The average Bonchev–Trinajstić information content (AvgIpc) is 2.32. The Morgan fingerprint density at radius 2 is 1.89 bits per heavy atom. The molecule has 0 amide bonds. The molecule has 1 fully saturated rings. The van der Waals surface area contributed by atoms with E-state index in [-0.39, 0.29) is 11.6 Å². The standard InChI is InChI=1S/C16H23NO/c1-11-8-12(2)15-13(9-11)14(17)10-16(18-15)6-4-3-5-7-16/h8-9,14H,3-7,10,17H2,1-2H3. The van der Waals surface area contributed by atoms with Gasteiger partial charge in [0.1, 0.15) is 11.4 Å². The first-order valence-corrected chi connectivity index (χ1v) is 7.15. The fourth-order valence-corrected chi connectivity index (χ4v) is 3.67. The number of hydrogen-bond donors (Lipinski definition) is 1. The molecule has 1 saturated carbocycles. The van der Waals surface area contributed by atoms with Gasteiger partial charge in [-0.1, -0.05) is 24.1 Å². The molecule has 1 aromatic carbocycles. The lowest BCUT2D eigenvalue weighted by Gasteiger charge is -2.44. The van der Waals surface area contributed by atoms with Gasteiger partial charge in [-0.25, -0.2) is 0 Å². The van der Waals surface area contributed by atoms with Crippen LogP contribution < -0.4 is 10.5 Å². The van der Waals surface area contributed by atoms with Crippen LogP contribution in [0.15, 0.2) is 12.1 Å². The van der Waals surface area contributed by atoms with Gasteiger partial charge in [-0.15, -0.1) is 0 Å². The Morgan fingerprint density at radius 3 is 2.61 bits per heavy atom. The van der Waals surface area contributed by atoms with Crippen molar-refractivity contribution in [1.29, 1.82) is 0 Å². The molecule has 18 heavy (non-hydrogen) atoms. The molecule has 0 radical (unpaired) electrons. The summed E-state index contributed by atoms with van der Waals surface area (Å²) in [4.78, 5) is 0. The molecular formula is C16H23NO. The molecule has 1 aromatic rings. The van der Waals surface area contributed by atoms with Gasteiger partial charge in [0.05, 0.1) is 0 Å². The highest BCUT2D eigenvalue weighted by molar-refractivity contribution is 5.47. The van der Waals surface area contributed by atoms with Gasteiger partial charge in [0, 0.05) is 18.0 Å². The van der Waals surface area contributed by atoms with E-state index < -0.39 is 0 Å². The lowest BCUT2D eigenvalue weighted by molar-refractivity contribution is 0.00125. The van der Waals surface area contributed by atoms with Crippen molar-refractivity contribution in [3.8, 4) is 5.75 Å². The van der Waals surface area contributed by atoms with Crippen molar-refractivity contribution in [2.45, 2.75) is 64.0 Å². The topological polar surface area (TPSA) is 35.2 Å². The van der Waals surface area contributed by atoms with Crippen LogP contribution in [0.3, 0.4) is 0 Å². The summed E-state index contributed by atoms with van der Waals surface area (Å²) < 4.78 is 6.44. The zero-order valence-corrected chi connectivity index (χ0v) is 11.5. The van der Waals surface area contributed by atoms with Gasteiger partial charge in [0.2, 0.25) is 0 Å². The maximum absolute atomic E-state index is 6.44. The third kappa shape index (κ3) is 1.93. The van der Waals surface area contributed by atoms with Crippen molar-refractivity contribution >= 4 is 0 Å². The number of rotatable bonds is 0. The smallest absolute Gasteiger partial charge is 0.127 e. The van der Waals surface area contributed by atoms with E-state index in [0.29, 0.717) is 0 Å². The molecule has 1 atom stereocenters. The van der Waals surface area contributed by atoms with Crippen molar-refractivity contribution in [3.05, 3.63) is 28.8 Å². The summed E-state index contributed by atoms with van der Waals surface area (Å²) in [5, 5.41) is 0. The number of hydrogen-bond acceptors (Lipinski definition) is 2. The summed E-state index contributed by atoms with van der Waals surface area (Å²) in [5.41, 5.74) is 10.2. The van der Waals surface area contributed by atoms with E-state index in [1.165, 1.54) is 48.8 Å². The molecule has 2 N–H and O–H groups in total. The Hall–Kier alpha value is -1.02. The summed E-state index contributed by atoms with van der Waals surface area (Å²) in [6.45, 7) is 4.27. The normalized spacial score (nSPS) is 25.6. The van der Waals surface area contributed by atoms with Gasteiger partial charge in [-0.05, 0) is 45.1 Å². The van der Waals surface area contributed by atoms with Crippen LogP contribution in [0.2, 0.25) is 0 Å². The van der Waals surface area contributed by atoms with Crippen LogP contribution in [0.25, 0.3) is 0 Å². The van der Waals surface area contributed by atoms with E-state index in [1.807, 2.05) is 0 Å². The van der Waals surface area contributed by atoms with E-state index >= 15 is 0 Å². The first-order valence-electron chi connectivity index (χ1n) is 7.15. The molecule has 0 saturated heterocycles. The molecule has 0 aromatic heterocycles. The minimum Gasteiger partial charge on any atom is -0.487 e. The quantitative estimate of drug-likeness (QED) is 0.754. The molecule has 0 bridgehead atoms. The molecule has 1 spiro atoms. The highest BCUT2D eigenvalue weighted by Crippen LogP contribution is 2.46. The van der Waals surface area contributed by atoms with Crippen molar-refractivity contribution < 1.29 is 4.74 Å². The Kier molecular flexibility index (Phi) is 2.86. The van der Waals surface area contributed by atoms with E-state index in [0.717, 1.165) is 12.2 Å². The van der Waals surface area contributed by atoms with Crippen LogP contribution in [0.5, 0.6) is 5.75 Å². The second-order valence-electron chi connectivity index (χ2n) is 6.16. The summed E-state index contributed by atoms with van der Waals surface area (Å²) in [6.07, 6.45) is 7.25. The Bertz CT molecular complexity index is 460. The number of ether oxygens (including phenoxy) is 1. The van der Waals surface area contributed by atoms with Crippen LogP contribution in [0, 0.1) is 13.8 Å². The van der Waals surface area contributed by atoms with Gasteiger partial charge in [-0.3, -0.25) is 0 Å². The van der Waals surface area contributed by atoms with E-state index in [2.05, 4.69) is 26.0 Å². The van der Waals surface area contributed by atoms with Gasteiger partial charge < -0.3 is 10.5 Å². The largest absolute Gasteiger partial charge is 0.487 e. The molecule has 3 rings (SSSR count). The lowest BCUT2D eigenvalue weighted by atomic mass is 9.77. The van der Waals surface area contributed by atoms with Gasteiger partial charge in [0.15, 0.2) is 0 Å². The van der Waals surface area contributed by atoms with E-state index in [4.69, 9.17) is 10.5 Å². The summed E-state index contributed by atoms with van der Waals surface area (Å²) in [5.74, 6) is 1.07. The monoisotopic (exact) mass is 245 g/mol. The Balaban J connectivity index is 2.01. The second-order valence-corrected chi connectivity index (χ2v) is 6.16. The molecule has 98 valence electrons. The van der Waals surface area contributed by atoms with Gasteiger partial charge in [0.25, 0.3) is 0 Å². The molecule has 1 unspecified atom stereocenters. The van der Waals surface area contributed by atoms with Crippen LogP contribution in [-0.4, -0.2) is 5.60 Å². The molecule has 2 aliphatic rings. The molecule has 2 nitrogen and oxygen atoms in total. The molecular weight excluding hydrogens is 222 g/mol. The summed E-state index contributed by atoms with van der Waals surface area (Å²) in [7, 11) is 0. The highest BCUT2D eigenvalue weighted by atomic mass is 16.5. The maximum Gasteiger partial charge on any atom is 0.127 e. The van der Waals surface area contributed by atoms with Gasteiger partial charge >= 0.3 is 0 Å². The van der Waals surface area contributed by atoms with Crippen LogP contribution in [0.1, 0.15) is 61.3 Å². The maximum atomic E-state index is 6.44. The SMILES string of the molecule is Cc1cc(C)c2c(c1)C(N)CC1(CCCCC1)O2. The predicted octanol–water partition coefficient (Wildman–Crippen LogP) is 3.79. The van der Waals surface area contributed by atoms with E-state index in [1.54, 1.807) is 0 Å². The summed E-state index contributed by atoms with van der Waals surface area (Å²) in [6, 6.07) is 4.54. The summed E-state index contributed by atoms with van der Waals surface area (Å²) >= 11 is 0. The average molecular weight is 245 g/mol. The first kappa shape index (κ1) is 12.0. The molecule has 1 aliphatic heterocycles. The van der Waals surface area contributed by atoms with Crippen molar-refractivity contribution in [2.24, 2.45) is 5.73 Å². The van der Waals surface area contributed by atoms with E-state index in [9.17, 15) is 0 Å². The second kappa shape index (κ2) is 4.27. The number of benzene rings is 1. The number of fused-ring (bicyclic) bond motifs is 1.